The molecule has 10 nitrogen and oxygen atoms in total. The van der Waals surface area contributed by atoms with Gasteiger partial charge in [0.2, 0.25) is 0 Å². The number of carboxylic acids is 2. The first-order valence-corrected chi connectivity index (χ1v) is 14.3. The molecule has 0 fully saturated rings. The second-order valence-electron chi connectivity index (χ2n) is 8.98. The summed E-state index contributed by atoms with van der Waals surface area (Å²) in [4.78, 5) is 45.4. The Bertz CT molecular complexity index is 1690. The van der Waals surface area contributed by atoms with Crippen LogP contribution in [0, 0.1) is 11.6 Å². The largest absolute Gasteiger partial charge is 0.480 e. The van der Waals surface area contributed by atoms with Crippen LogP contribution in [0.4, 0.5) is 25.8 Å². The maximum atomic E-state index is 13.0. The van der Waals surface area contributed by atoms with Gasteiger partial charge in [-0.25, -0.2) is 18.4 Å². The van der Waals surface area contributed by atoms with Crippen molar-refractivity contribution in [3.63, 3.8) is 0 Å². The molecule has 0 aliphatic carbocycles. The minimum absolute atomic E-state index is 0.0854. The van der Waals surface area contributed by atoms with Crippen molar-refractivity contribution in [2.75, 3.05) is 37.5 Å². The van der Waals surface area contributed by atoms with Gasteiger partial charge in [-0.1, -0.05) is 34.8 Å². The van der Waals surface area contributed by atoms with E-state index in [-0.39, 0.29) is 40.2 Å². The van der Waals surface area contributed by atoms with Gasteiger partial charge in [-0.2, -0.15) is 0 Å². The highest BCUT2D eigenvalue weighted by Crippen LogP contribution is 2.31. The van der Waals surface area contributed by atoms with Crippen molar-refractivity contribution >= 4 is 75.7 Å². The average molecular weight is 712 g/mol. The van der Waals surface area contributed by atoms with Crippen LogP contribution < -0.4 is 10.2 Å². The van der Waals surface area contributed by atoms with E-state index in [4.69, 9.17) is 39.9 Å². The van der Waals surface area contributed by atoms with Crippen molar-refractivity contribution in [3.8, 4) is 0 Å². The molecule has 4 aromatic carbocycles. The molecule has 0 spiro atoms. The molecular formula is C32H27Cl3F2N2O8. The maximum Gasteiger partial charge on any atom is 0.339 e. The van der Waals surface area contributed by atoms with Crippen molar-refractivity contribution in [3.05, 3.63) is 123 Å². The number of carboxylic acid groups (broad SMARTS) is 2. The molecule has 0 saturated carbocycles. The van der Waals surface area contributed by atoms with Gasteiger partial charge in [0.05, 0.1) is 36.1 Å². The van der Waals surface area contributed by atoms with Crippen molar-refractivity contribution in [2.24, 2.45) is 0 Å². The first-order chi connectivity index (χ1) is 22.2. The van der Waals surface area contributed by atoms with E-state index in [1.165, 1.54) is 79.8 Å². The number of methoxy groups -OCH3 is 2. The molecule has 4 aromatic rings. The number of nitrogens with one attached hydrogen (secondary N) is 1. The first kappa shape index (κ1) is 38.3. The summed E-state index contributed by atoms with van der Waals surface area (Å²) in [5.74, 6) is -4.02. The number of aliphatic carboxylic acids is 1. The summed E-state index contributed by atoms with van der Waals surface area (Å²) in [6.07, 6.45) is 0. The number of ether oxygens (including phenoxy) is 2. The van der Waals surface area contributed by atoms with E-state index in [1.54, 1.807) is 24.3 Å². The van der Waals surface area contributed by atoms with Crippen LogP contribution >= 0.6 is 34.8 Å². The number of benzene rings is 4. The molecule has 15 heteroatoms. The lowest BCUT2D eigenvalue weighted by atomic mass is 10.1. The van der Waals surface area contributed by atoms with Crippen molar-refractivity contribution in [2.45, 2.75) is 0 Å². The third kappa shape index (κ3) is 12.8. The molecule has 0 heterocycles. The number of rotatable bonds is 9. The number of esters is 2. The van der Waals surface area contributed by atoms with Crippen LogP contribution in [0.25, 0.3) is 0 Å². The molecule has 4 rings (SSSR count). The monoisotopic (exact) mass is 710 g/mol. The predicted molar refractivity (Wildman–Crippen MR) is 174 cm³/mol. The van der Waals surface area contributed by atoms with E-state index in [0.717, 1.165) is 0 Å². The van der Waals surface area contributed by atoms with Gasteiger partial charge in [-0.15, -0.1) is 0 Å². The molecule has 0 unspecified atom stereocenters. The number of nitrogens with zero attached hydrogens (tertiary/aromatic N) is 1. The molecule has 0 amide bonds. The second-order valence-corrected chi connectivity index (χ2v) is 10.3. The maximum absolute atomic E-state index is 13.0. The molecule has 0 aromatic heterocycles. The quantitative estimate of drug-likeness (QED) is 0.149. The van der Waals surface area contributed by atoms with Crippen molar-refractivity contribution in [1.82, 2.24) is 0 Å². The Morgan fingerprint density at radius 3 is 1.79 bits per heavy atom. The summed E-state index contributed by atoms with van der Waals surface area (Å²) in [6.45, 7) is -0.393. The van der Waals surface area contributed by atoms with Crippen LogP contribution in [0.2, 0.25) is 15.1 Å². The molecule has 248 valence electrons. The zero-order valence-corrected chi connectivity index (χ0v) is 26.9. The normalized spacial score (nSPS) is 9.85. The number of carbonyl (C=O) groups is 4. The van der Waals surface area contributed by atoms with E-state index in [9.17, 15) is 33.1 Å². The summed E-state index contributed by atoms with van der Waals surface area (Å²) in [5, 5.41) is 22.1. The van der Waals surface area contributed by atoms with E-state index in [1.807, 2.05) is 0 Å². The number of hydrogen-bond acceptors (Lipinski definition) is 8. The molecule has 0 saturated heterocycles. The Morgan fingerprint density at radius 1 is 0.745 bits per heavy atom. The molecule has 3 N–H and O–H groups in total. The van der Waals surface area contributed by atoms with Gasteiger partial charge in [-0.05, 0) is 84.9 Å². The fourth-order valence-corrected chi connectivity index (χ4v) is 4.10. The third-order valence-electron chi connectivity index (χ3n) is 5.75. The number of carbonyl (C=O) groups excluding carboxylic acids is 2. The van der Waals surface area contributed by atoms with Crippen LogP contribution in [0.1, 0.15) is 20.7 Å². The van der Waals surface area contributed by atoms with Gasteiger partial charge in [-0.3, -0.25) is 9.59 Å². The molecular weight excluding hydrogens is 685 g/mol. The minimum Gasteiger partial charge on any atom is -0.480 e. The molecule has 0 aliphatic heterocycles. The van der Waals surface area contributed by atoms with E-state index in [0.29, 0.717) is 21.4 Å². The third-order valence-corrected chi connectivity index (χ3v) is 6.55. The summed E-state index contributed by atoms with van der Waals surface area (Å²) < 4.78 is 34.4. The summed E-state index contributed by atoms with van der Waals surface area (Å²) in [5.41, 5.74) is 1.34. The molecule has 0 radical (unpaired) electrons. The summed E-state index contributed by atoms with van der Waals surface area (Å²) in [6, 6.07) is 19.6. The average Bonchev–Trinajstić information content (AvgIpc) is 3.05. The number of aromatic carboxylic acids is 1. The zero-order valence-electron chi connectivity index (χ0n) is 24.7. The standard InChI is InChI=1S/C15H11ClFNO4.C9H10FNO2.C8H6Cl2O2/c16-9-1-6-13(12(7-9)15(21)22)18(8-14(19)20)11-4-2-10(17)3-5-11;1-13-9(12)6-11-8-4-2-7(10)3-5-8;1-12-8(11)6-4-5(9)2-3-7(6)10/h1-7H,8H2,(H,19,20)(H,21,22);2-5,11H,6H2,1H3;2-4H,1H3. The SMILES string of the molecule is COC(=O)CNc1ccc(F)cc1.COC(=O)c1cc(Cl)ccc1Cl.O=C(O)CN(c1ccc(F)cc1)c1ccc(Cl)cc1C(=O)O. The van der Waals surface area contributed by atoms with E-state index >= 15 is 0 Å². The Morgan fingerprint density at radius 2 is 1.28 bits per heavy atom. The van der Waals surface area contributed by atoms with Crippen LogP contribution in [0.15, 0.2) is 84.9 Å². The highest BCUT2D eigenvalue weighted by molar-refractivity contribution is 6.35. The second kappa shape index (κ2) is 18.9. The zero-order chi connectivity index (χ0) is 35.1. The molecule has 0 atom stereocenters. The van der Waals surface area contributed by atoms with Gasteiger partial charge in [0, 0.05) is 21.4 Å². The van der Waals surface area contributed by atoms with Crippen LogP contribution in [0.3, 0.4) is 0 Å². The smallest absolute Gasteiger partial charge is 0.339 e. The van der Waals surface area contributed by atoms with Crippen LogP contribution in [0.5, 0.6) is 0 Å². The minimum atomic E-state index is -1.24. The fraction of sp³-hybridized carbons (Fsp3) is 0.125. The Hall–Kier alpha value is -4.91. The first-order valence-electron chi connectivity index (χ1n) is 13.1. The van der Waals surface area contributed by atoms with Crippen LogP contribution in [-0.2, 0) is 19.1 Å². The Kier molecular flexibility index (Phi) is 15.4. The van der Waals surface area contributed by atoms with E-state index in [2.05, 4.69) is 14.8 Å². The van der Waals surface area contributed by atoms with Crippen LogP contribution in [-0.4, -0.2) is 61.4 Å². The Labute approximate surface area is 283 Å². The lowest BCUT2D eigenvalue weighted by Gasteiger charge is -2.24. The number of halogens is 5. The van der Waals surface area contributed by atoms with Gasteiger partial charge < -0.3 is 29.9 Å². The van der Waals surface area contributed by atoms with Crippen molar-refractivity contribution in [1.29, 1.82) is 0 Å². The highest BCUT2D eigenvalue weighted by atomic mass is 35.5. The Balaban J connectivity index is 0.000000263. The van der Waals surface area contributed by atoms with E-state index < -0.39 is 30.3 Å². The van der Waals surface area contributed by atoms with Gasteiger partial charge in [0.1, 0.15) is 24.7 Å². The van der Waals surface area contributed by atoms with Gasteiger partial charge in [0.25, 0.3) is 0 Å². The molecule has 47 heavy (non-hydrogen) atoms. The summed E-state index contributed by atoms with van der Waals surface area (Å²) >= 11 is 17.2. The molecule has 0 bridgehead atoms. The summed E-state index contributed by atoms with van der Waals surface area (Å²) in [7, 11) is 2.61. The van der Waals surface area contributed by atoms with Gasteiger partial charge >= 0.3 is 23.9 Å². The lowest BCUT2D eigenvalue weighted by molar-refractivity contribution is -0.138. The fourth-order valence-electron chi connectivity index (χ4n) is 3.56. The van der Waals surface area contributed by atoms with Crippen molar-refractivity contribution < 1.29 is 47.6 Å². The highest BCUT2D eigenvalue weighted by Gasteiger charge is 2.20. The molecule has 0 aliphatic rings. The van der Waals surface area contributed by atoms with Gasteiger partial charge in [0.15, 0.2) is 0 Å². The topological polar surface area (TPSA) is 142 Å². The number of anilines is 3. The predicted octanol–water partition coefficient (Wildman–Crippen LogP) is 7.59. The number of hydrogen-bond donors (Lipinski definition) is 3. The lowest BCUT2D eigenvalue weighted by Crippen LogP contribution is -2.26.